The molecule has 3 rings (SSSR count). The van der Waals surface area contributed by atoms with Crippen LogP contribution in [0.5, 0.6) is 0 Å². The van der Waals surface area contributed by atoms with E-state index in [0.717, 1.165) is 11.1 Å². The lowest BCUT2D eigenvalue weighted by molar-refractivity contribution is -0.135. The lowest BCUT2D eigenvalue weighted by Crippen LogP contribution is -2.43. The molecule has 1 saturated heterocycles. The number of aromatic nitrogens is 1. The molecule has 136 valence electrons. The third-order valence-electron chi connectivity index (χ3n) is 4.70. The molecule has 1 fully saturated rings. The van der Waals surface area contributed by atoms with Crippen LogP contribution in [0.2, 0.25) is 5.02 Å². The quantitative estimate of drug-likeness (QED) is 0.879. The van der Waals surface area contributed by atoms with Gasteiger partial charge in [-0.2, -0.15) is 0 Å². The average molecular weight is 372 g/mol. The van der Waals surface area contributed by atoms with Gasteiger partial charge < -0.3 is 10.2 Å². The van der Waals surface area contributed by atoms with Gasteiger partial charge in [0.15, 0.2) is 0 Å². The van der Waals surface area contributed by atoms with Crippen LogP contribution in [0.1, 0.15) is 24.0 Å². The molecule has 0 aliphatic carbocycles. The summed E-state index contributed by atoms with van der Waals surface area (Å²) in [4.78, 5) is 30.6. The number of nitrogens with zero attached hydrogens (tertiary/aromatic N) is 2. The number of amides is 2. The number of nitrogens with one attached hydrogen (secondary N) is 1. The molecule has 0 radical (unpaired) electrons. The molecule has 0 saturated carbocycles. The summed E-state index contributed by atoms with van der Waals surface area (Å²) in [7, 11) is 0. The highest BCUT2D eigenvalue weighted by molar-refractivity contribution is 6.30. The Bertz CT molecular complexity index is 741. The highest BCUT2D eigenvalue weighted by Crippen LogP contribution is 2.19. The SMILES string of the molecule is O=C(NCc1ccncc1)C1CCN(C(=O)Cc2ccc(Cl)cc2)CC1. The van der Waals surface area contributed by atoms with Crippen LogP contribution in [0, 0.1) is 5.92 Å². The zero-order chi connectivity index (χ0) is 18.4. The maximum atomic E-state index is 12.4. The number of carbonyl (C=O) groups is 2. The van der Waals surface area contributed by atoms with Crippen molar-refractivity contribution >= 4 is 23.4 Å². The first kappa shape index (κ1) is 18.4. The Morgan fingerprint density at radius 1 is 1.04 bits per heavy atom. The van der Waals surface area contributed by atoms with Gasteiger partial charge in [0.05, 0.1) is 6.42 Å². The van der Waals surface area contributed by atoms with Crippen LogP contribution >= 0.6 is 11.6 Å². The van der Waals surface area contributed by atoms with Gasteiger partial charge in [-0.05, 0) is 48.2 Å². The summed E-state index contributed by atoms with van der Waals surface area (Å²) in [5.74, 6) is 0.131. The molecule has 5 nitrogen and oxygen atoms in total. The minimum absolute atomic E-state index is 0.0311. The summed E-state index contributed by atoms with van der Waals surface area (Å²) < 4.78 is 0. The first-order chi connectivity index (χ1) is 12.6. The van der Waals surface area contributed by atoms with Crippen molar-refractivity contribution in [3.63, 3.8) is 0 Å². The third-order valence-corrected chi connectivity index (χ3v) is 4.96. The fraction of sp³-hybridized carbons (Fsp3) is 0.350. The van der Waals surface area contributed by atoms with E-state index < -0.39 is 0 Å². The van der Waals surface area contributed by atoms with Crippen LogP contribution < -0.4 is 5.32 Å². The molecule has 0 spiro atoms. The molecule has 0 atom stereocenters. The number of hydrogen-bond acceptors (Lipinski definition) is 3. The van der Waals surface area contributed by atoms with Gasteiger partial charge in [-0.1, -0.05) is 23.7 Å². The summed E-state index contributed by atoms with van der Waals surface area (Å²) in [6, 6.07) is 11.1. The number of hydrogen-bond donors (Lipinski definition) is 1. The van der Waals surface area contributed by atoms with E-state index in [-0.39, 0.29) is 17.7 Å². The van der Waals surface area contributed by atoms with E-state index in [1.54, 1.807) is 24.5 Å². The van der Waals surface area contributed by atoms with Gasteiger partial charge >= 0.3 is 0 Å². The van der Waals surface area contributed by atoms with Gasteiger partial charge in [0.25, 0.3) is 0 Å². The minimum Gasteiger partial charge on any atom is -0.352 e. The van der Waals surface area contributed by atoms with E-state index in [9.17, 15) is 9.59 Å². The van der Waals surface area contributed by atoms with Gasteiger partial charge in [-0.3, -0.25) is 14.6 Å². The van der Waals surface area contributed by atoms with E-state index in [1.165, 1.54) is 0 Å². The zero-order valence-corrected chi connectivity index (χ0v) is 15.3. The van der Waals surface area contributed by atoms with Crippen molar-refractivity contribution in [3.8, 4) is 0 Å². The lowest BCUT2D eigenvalue weighted by atomic mass is 9.95. The second-order valence-electron chi connectivity index (χ2n) is 6.53. The van der Waals surface area contributed by atoms with Crippen molar-refractivity contribution < 1.29 is 9.59 Å². The van der Waals surface area contributed by atoms with Gasteiger partial charge in [0.1, 0.15) is 0 Å². The van der Waals surface area contributed by atoms with Crippen molar-refractivity contribution in [1.82, 2.24) is 15.2 Å². The summed E-state index contributed by atoms with van der Waals surface area (Å²) in [6.07, 6.45) is 5.21. The molecule has 6 heteroatoms. The van der Waals surface area contributed by atoms with Crippen molar-refractivity contribution in [1.29, 1.82) is 0 Å². The Balaban J connectivity index is 1.43. The average Bonchev–Trinajstić information content (AvgIpc) is 2.69. The smallest absolute Gasteiger partial charge is 0.226 e. The first-order valence-corrected chi connectivity index (χ1v) is 9.18. The highest BCUT2D eigenvalue weighted by atomic mass is 35.5. The Morgan fingerprint density at radius 2 is 1.69 bits per heavy atom. The zero-order valence-electron chi connectivity index (χ0n) is 14.5. The first-order valence-electron chi connectivity index (χ1n) is 8.80. The van der Waals surface area contributed by atoms with E-state index in [1.807, 2.05) is 29.2 Å². The Labute approximate surface area is 158 Å². The van der Waals surface area contributed by atoms with Crippen molar-refractivity contribution in [2.45, 2.75) is 25.8 Å². The number of rotatable bonds is 5. The fourth-order valence-electron chi connectivity index (χ4n) is 3.11. The molecule has 2 amide bonds. The Hall–Kier alpha value is -2.40. The summed E-state index contributed by atoms with van der Waals surface area (Å²) in [5.41, 5.74) is 1.99. The molecule has 1 aliphatic rings. The molecular formula is C20H22ClN3O2. The monoisotopic (exact) mass is 371 g/mol. The van der Waals surface area contributed by atoms with E-state index in [4.69, 9.17) is 11.6 Å². The molecule has 2 aromatic rings. The number of likely N-dealkylation sites (tertiary alicyclic amines) is 1. The highest BCUT2D eigenvalue weighted by Gasteiger charge is 2.27. The molecule has 1 aromatic heterocycles. The van der Waals surface area contributed by atoms with Gasteiger partial charge in [-0.25, -0.2) is 0 Å². The second-order valence-corrected chi connectivity index (χ2v) is 6.97. The van der Waals surface area contributed by atoms with Gasteiger partial charge in [0, 0.05) is 43.0 Å². The predicted molar refractivity (Wildman–Crippen MR) is 101 cm³/mol. The molecular weight excluding hydrogens is 350 g/mol. The summed E-state index contributed by atoms with van der Waals surface area (Å²) in [5, 5.41) is 3.64. The number of halogens is 1. The number of benzene rings is 1. The maximum absolute atomic E-state index is 12.4. The van der Waals surface area contributed by atoms with Crippen LogP contribution in [0.25, 0.3) is 0 Å². The van der Waals surface area contributed by atoms with Crippen molar-refractivity contribution in [2.24, 2.45) is 5.92 Å². The largest absolute Gasteiger partial charge is 0.352 e. The molecule has 0 bridgehead atoms. The Morgan fingerprint density at radius 3 is 2.35 bits per heavy atom. The molecule has 0 unspecified atom stereocenters. The van der Waals surface area contributed by atoms with Crippen LogP contribution in [0.4, 0.5) is 0 Å². The minimum atomic E-state index is -0.0311. The molecule has 26 heavy (non-hydrogen) atoms. The van der Waals surface area contributed by atoms with E-state index in [0.29, 0.717) is 43.9 Å². The molecule has 1 N–H and O–H groups in total. The number of carbonyl (C=O) groups excluding carboxylic acids is 2. The van der Waals surface area contributed by atoms with E-state index in [2.05, 4.69) is 10.3 Å². The van der Waals surface area contributed by atoms with Gasteiger partial charge in [0.2, 0.25) is 11.8 Å². The fourth-order valence-corrected chi connectivity index (χ4v) is 3.24. The summed E-state index contributed by atoms with van der Waals surface area (Å²) in [6.45, 7) is 1.76. The second kappa shape index (κ2) is 8.81. The third kappa shape index (κ3) is 5.05. The van der Waals surface area contributed by atoms with Crippen LogP contribution in [-0.2, 0) is 22.6 Å². The number of pyridine rings is 1. The van der Waals surface area contributed by atoms with Crippen LogP contribution in [0.15, 0.2) is 48.8 Å². The molecule has 1 aromatic carbocycles. The predicted octanol–water partition coefficient (Wildman–Crippen LogP) is 2.83. The lowest BCUT2D eigenvalue weighted by Gasteiger charge is -2.31. The van der Waals surface area contributed by atoms with Gasteiger partial charge in [-0.15, -0.1) is 0 Å². The molecule has 2 heterocycles. The van der Waals surface area contributed by atoms with Crippen LogP contribution in [-0.4, -0.2) is 34.8 Å². The summed E-state index contributed by atoms with van der Waals surface area (Å²) >= 11 is 5.87. The maximum Gasteiger partial charge on any atom is 0.226 e. The van der Waals surface area contributed by atoms with Crippen molar-refractivity contribution in [2.75, 3.05) is 13.1 Å². The van der Waals surface area contributed by atoms with Crippen molar-refractivity contribution in [3.05, 3.63) is 64.9 Å². The normalized spacial score (nSPS) is 14.9. The molecule has 1 aliphatic heterocycles. The number of piperidine rings is 1. The standard InChI is InChI=1S/C20H22ClN3O2/c21-18-3-1-15(2-4-18)13-19(25)24-11-7-17(8-12-24)20(26)23-14-16-5-9-22-10-6-16/h1-6,9-10,17H,7-8,11-14H2,(H,23,26). The van der Waals surface area contributed by atoms with Crippen LogP contribution in [0.3, 0.4) is 0 Å². The topological polar surface area (TPSA) is 62.3 Å². The van der Waals surface area contributed by atoms with E-state index >= 15 is 0 Å². The Kier molecular flexibility index (Phi) is 6.23.